The zero-order valence-electron chi connectivity index (χ0n) is 27.6. The molecule has 0 aliphatic rings. The number of benzene rings is 8. The Kier molecular flexibility index (Phi) is 8.26. The molecular weight excluding hydrogens is 605 g/mol. The van der Waals surface area contributed by atoms with Crippen LogP contribution in [-0.4, -0.2) is 0 Å². The number of rotatable bonds is 7. The van der Waals surface area contributed by atoms with E-state index < -0.39 is 0 Å². The van der Waals surface area contributed by atoms with Gasteiger partial charge in [0.2, 0.25) is 0 Å². The maximum absolute atomic E-state index is 6.36. The van der Waals surface area contributed by atoms with E-state index in [4.69, 9.17) is 11.5 Å². The van der Waals surface area contributed by atoms with Crippen LogP contribution in [0.3, 0.4) is 0 Å². The van der Waals surface area contributed by atoms with Crippen LogP contribution in [0.1, 0.15) is 0 Å². The Bertz CT molecular complexity index is 2420. The summed E-state index contributed by atoms with van der Waals surface area (Å²) in [5.41, 5.74) is 30.2. The minimum atomic E-state index is 0.745. The lowest BCUT2D eigenvalue weighted by Crippen LogP contribution is -1.94. The van der Waals surface area contributed by atoms with Gasteiger partial charge >= 0.3 is 0 Å². The zero-order valence-corrected chi connectivity index (χ0v) is 27.6. The van der Waals surface area contributed by atoms with Gasteiger partial charge in [0.25, 0.3) is 0 Å². The summed E-state index contributed by atoms with van der Waals surface area (Å²) in [5, 5.41) is 0. The van der Waals surface area contributed by atoms with Gasteiger partial charge in [-0.1, -0.05) is 158 Å². The molecule has 8 aromatic rings. The highest BCUT2D eigenvalue weighted by Crippen LogP contribution is 2.44. The first-order valence-electron chi connectivity index (χ1n) is 16.9. The Balaban J connectivity index is 1.33. The number of anilines is 2. The predicted octanol–water partition coefficient (Wildman–Crippen LogP) is 12.5. The molecule has 0 aromatic heterocycles. The standard InChI is InChI=1S/C48H36N2/c49-39-23-27-42(47(31-39)35-17-9-3-10-18-35)37-21-25-41(45(29-37)33-13-5-1-6-14-33)38-22-26-43(46(30-38)34-15-7-2-8-16-34)44-28-24-40(50)32-48(44)36-19-11-4-12-20-36/h1-32H,49-50H2. The fourth-order valence-electron chi connectivity index (χ4n) is 6.95. The molecule has 0 aliphatic carbocycles. The van der Waals surface area contributed by atoms with E-state index in [1.165, 1.54) is 11.1 Å². The Hall–Kier alpha value is -6.64. The van der Waals surface area contributed by atoms with E-state index in [1.807, 2.05) is 24.3 Å². The van der Waals surface area contributed by atoms with Crippen LogP contribution in [0.4, 0.5) is 11.4 Å². The van der Waals surface area contributed by atoms with Gasteiger partial charge < -0.3 is 11.5 Å². The number of hydrogen-bond acceptors (Lipinski definition) is 2. The third kappa shape index (κ3) is 6.07. The maximum Gasteiger partial charge on any atom is 0.0320 e. The second-order valence-electron chi connectivity index (χ2n) is 12.6. The predicted molar refractivity (Wildman–Crippen MR) is 213 cm³/mol. The molecule has 2 heteroatoms. The summed E-state index contributed by atoms with van der Waals surface area (Å²) in [4.78, 5) is 0. The smallest absolute Gasteiger partial charge is 0.0320 e. The highest BCUT2D eigenvalue weighted by molar-refractivity contribution is 5.97. The highest BCUT2D eigenvalue weighted by Gasteiger charge is 2.18. The molecule has 0 saturated heterocycles. The van der Waals surface area contributed by atoms with E-state index in [0.717, 1.165) is 78.1 Å². The molecule has 0 heterocycles. The summed E-state index contributed by atoms with van der Waals surface area (Å²) in [6, 6.07) is 68.4. The topological polar surface area (TPSA) is 52.0 Å². The molecule has 0 unspecified atom stereocenters. The van der Waals surface area contributed by atoms with Crippen molar-refractivity contribution < 1.29 is 0 Å². The normalized spacial score (nSPS) is 11.0. The van der Waals surface area contributed by atoms with E-state index in [-0.39, 0.29) is 0 Å². The molecule has 8 aromatic carbocycles. The lowest BCUT2D eigenvalue weighted by Gasteiger charge is -2.19. The average Bonchev–Trinajstić information content (AvgIpc) is 3.19. The molecule has 2 nitrogen and oxygen atoms in total. The third-order valence-corrected chi connectivity index (χ3v) is 9.38. The fourth-order valence-corrected chi connectivity index (χ4v) is 6.95. The molecule has 4 N–H and O–H groups in total. The van der Waals surface area contributed by atoms with Gasteiger partial charge in [-0.2, -0.15) is 0 Å². The molecule has 0 radical (unpaired) electrons. The second-order valence-corrected chi connectivity index (χ2v) is 12.6. The van der Waals surface area contributed by atoms with E-state index in [2.05, 4.69) is 170 Å². The molecule has 0 fully saturated rings. The molecule has 0 aliphatic heterocycles. The van der Waals surface area contributed by atoms with E-state index >= 15 is 0 Å². The van der Waals surface area contributed by atoms with Gasteiger partial charge in [-0.3, -0.25) is 0 Å². The average molecular weight is 641 g/mol. The van der Waals surface area contributed by atoms with Crippen molar-refractivity contribution >= 4 is 11.4 Å². The molecule has 0 bridgehead atoms. The van der Waals surface area contributed by atoms with Crippen molar-refractivity contribution in [2.24, 2.45) is 0 Å². The largest absolute Gasteiger partial charge is 0.399 e. The van der Waals surface area contributed by atoms with Gasteiger partial charge in [0.05, 0.1) is 0 Å². The van der Waals surface area contributed by atoms with Crippen molar-refractivity contribution in [1.29, 1.82) is 0 Å². The van der Waals surface area contributed by atoms with Crippen molar-refractivity contribution in [2.75, 3.05) is 11.5 Å². The molecular formula is C48H36N2. The van der Waals surface area contributed by atoms with Crippen LogP contribution in [0, 0.1) is 0 Å². The lowest BCUT2D eigenvalue weighted by molar-refractivity contribution is 1.53. The van der Waals surface area contributed by atoms with Gasteiger partial charge in [0.1, 0.15) is 0 Å². The van der Waals surface area contributed by atoms with E-state index in [9.17, 15) is 0 Å². The highest BCUT2D eigenvalue weighted by atomic mass is 14.5. The van der Waals surface area contributed by atoms with Crippen LogP contribution in [0.5, 0.6) is 0 Å². The van der Waals surface area contributed by atoms with Crippen LogP contribution in [0.25, 0.3) is 77.9 Å². The van der Waals surface area contributed by atoms with Crippen LogP contribution < -0.4 is 11.5 Å². The minimum absolute atomic E-state index is 0.745. The van der Waals surface area contributed by atoms with Crippen molar-refractivity contribution in [1.82, 2.24) is 0 Å². The minimum Gasteiger partial charge on any atom is -0.399 e. The van der Waals surface area contributed by atoms with Crippen LogP contribution in [-0.2, 0) is 0 Å². The summed E-state index contributed by atoms with van der Waals surface area (Å²) in [6.07, 6.45) is 0. The first-order valence-corrected chi connectivity index (χ1v) is 16.9. The molecule has 0 saturated carbocycles. The molecule has 8 rings (SSSR count). The number of nitrogens with two attached hydrogens (primary N) is 2. The Morgan fingerprint density at radius 2 is 0.480 bits per heavy atom. The first-order chi connectivity index (χ1) is 24.6. The van der Waals surface area contributed by atoms with Gasteiger partial charge in [-0.05, 0) is 114 Å². The fraction of sp³-hybridized carbons (Fsp3) is 0. The second kappa shape index (κ2) is 13.5. The van der Waals surface area contributed by atoms with Gasteiger partial charge in [-0.25, -0.2) is 0 Å². The first kappa shape index (κ1) is 30.7. The quantitative estimate of drug-likeness (QED) is 0.170. The van der Waals surface area contributed by atoms with Gasteiger partial charge in [0.15, 0.2) is 0 Å². The van der Waals surface area contributed by atoms with Crippen molar-refractivity contribution in [3.05, 3.63) is 194 Å². The van der Waals surface area contributed by atoms with Crippen LogP contribution >= 0.6 is 0 Å². The summed E-state index contributed by atoms with van der Waals surface area (Å²) in [7, 11) is 0. The summed E-state index contributed by atoms with van der Waals surface area (Å²) < 4.78 is 0. The van der Waals surface area contributed by atoms with Crippen molar-refractivity contribution in [3.8, 4) is 77.9 Å². The molecule has 0 amide bonds. The Morgan fingerprint density at radius 1 is 0.200 bits per heavy atom. The number of nitrogen functional groups attached to an aromatic ring is 2. The Morgan fingerprint density at radius 3 is 0.880 bits per heavy atom. The molecule has 50 heavy (non-hydrogen) atoms. The van der Waals surface area contributed by atoms with Gasteiger partial charge in [0, 0.05) is 11.4 Å². The molecule has 238 valence electrons. The SMILES string of the molecule is Nc1ccc(-c2ccc(-c3ccc(-c4ccc(N)cc4-c4ccccc4)c(-c4ccccc4)c3)c(-c3ccccc3)c2)c(-c2ccccc2)c1. The van der Waals surface area contributed by atoms with Crippen molar-refractivity contribution in [3.63, 3.8) is 0 Å². The number of hydrogen-bond donors (Lipinski definition) is 2. The Labute approximate surface area is 294 Å². The van der Waals surface area contributed by atoms with Gasteiger partial charge in [-0.15, -0.1) is 0 Å². The summed E-state index contributed by atoms with van der Waals surface area (Å²) >= 11 is 0. The third-order valence-electron chi connectivity index (χ3n) is 9.38. The molecule has 0 atom stereocenters. The van der Waals surface area contributed by atoms with Crippen molar-refractivity contribution in [2.45, 2.75) is 0 Å². The monoisotopic (exact) mass is 640 g/mol. The van der Waals surface area contributed by atoms with E-state index in [0.29, 0.717) is 0 Å². The van der Waals surface area contributed by atoms with Crippen LogP contribution in [0.2, 0.25) is 0 Å². The maximum atomic E-state index is 6.36. The van der Waals surface area contributed by atoms with Crippen LogP contribution in [0.15, 0.2) is 194 Å². The summed E-state index contributed by atoms with van der Waals surface area (Å²) in [5.74, 6) is 0. The molecule has 0 spiro atoms. The summed E-state index contributed by atoms with van der Waals surface area (Å²) in [6.45, 7) is 0. The zero-order chi connectivity index (χ0) is 33.9. The van der Waals surface area contributed by atoms with E-state index in [1.54, 1.807) is 0 Å². The lowest BCUT2D eigenvalue weighted by atomic mass is 9.85.